The molecule has 0 spiro atoms. The minimum atomic E-state index is 0.0796. The molecule has 25 heavy (non-hydrogen) atoms. The molecule has 134 valence electrons. The second kappa shape index (κ2) is 8.38. The maximum Gasteiger partial charge on any atom is 0.159 e. The van der Waals surface area contributed by atoms with Crippen LogP contribution in [0, 0.1) is 0 Å². The van der Waals surface area contributed by atoms with Gasteiger partial charge < -0.3 is 15.0 Å². The Hall–Kier alpha value is -2.02. The summed E-state index contributed by atoms with van der Waals surface area (Å²) in [6.07, 6.45) is 2.75. The summed E-state index contributed by atoms with van der Waals surface area (Å²) in [5.41, 5.74) is 2.75. The molecule has 1 aliphatic rings. The number of hydrogen-bond donors (Lipinski definition) is 2. The maximum atomic E-state index is 11.3. The topological polar surface area (TPSA) is 72.5 Å². The van der Waals surface area contributed by atoms with Gasteiger partial charge in [-0.15, -0.1) is 0 Å². The molecule has 2 aromatic rings. The lowest BCUT2D eigenvalue weighted by Crippen LogP contribution is -2.47. The fourth-order valence-electron chi connectivity index (χ4n) is 3.16. The monoisotopic (exact) mass is 342 g/mol. The number of aromatic amines is 1. The number of hydrogen-bond acceptors (Lipinski definition) is 5. The van der Waals surface area contributed by atoms with Crippen LogP contribution < -0.4 is 0 Å². The number of aliphatic hydroxyl groups is 1. The van der Waals surface area contributed by atoms with E-state index in [-0.39, 0.29) is 12.4 Å². The molecular weight excluding hydrogens is 316 g/mol. The predicted octanol–water partition coefficient (Wildman–Crippen LogP) is 1.43. The van der Waals surface area contributed by atoms with Crippen molar-refractivity contribution in [2.45, 2.75) is 13.3 Å². The van der Waals surface area contributed by atoms with Gasteiger partial charge in [0.05, 0.1) is 18.5 Å². The fourth-order valence-corrected chi connectivity index (χ4v) is 3.16. The van der Waals surface area contributed by atoms with E-state index in [1.54, 1.807) is 6.92 Å². The van der Waals surface area contributed by atoms with Gasteiger partial charge in [0.25, 0.3) is 0 Å². The Morgan fingerprint density at radius 1 is 1.12 bits per heavy atom. The molecule has 1 fully saturated rings. The Morgan fingerprint density at radius 3 is 2.36 bits per heavy atom. The van der Waals surface area contributed by atoms with E-state index in [0.29, 0.717) is 0 Å². The number of ketones is 1. The lowest BCUT2D eigenvalue weighted by atomic mass is 10.1. The third-order valence-corrected chi connectivity index (χ3v) is 4.78. The van der Waals surface area contributed by atoms with E-state index in [9.17, 15) is 4.79 Å². The molecule has 1 saturated heterocycles. The molecule has 0 saturated carbocycles. The molecule has 1 aliphatic heterocycles. The molecule has 2 N–H and O–H groups in total. The van der Waals surface area contributed by atoms with Gasteiger partial charge in [-0.05, 0) is 12.5 Å². The molecule has 0 bridgehead atoms. The van der Waals surface area contributed by atoms with Crippen molar-refractivity contribution in [1.29, 1.82) is 0 Å². The Kier molecular flexibility index (Phi) is 5.96. The van der Waals surface area contributed by atoms with Crippen LogP contribution >= 0.6 is 0 Å². The first kappa shape index (κ1) is 17.8. The smallest absolute Gasteiger partial charge is 0.159 e. The van der Waals surface area contributed by atoms with Crippen molar-refractivity contribution in [3.63, 3.8) is 0 Å². The minimum absolute atomic E-state index is 0.0796. The number of nitrogens with zero attached hydrogens (tertiary/aromatic N) is 3. The Labute approximate surface area is 148 Å². The lowest BCUT2D eigenvalue weighted by molar-refractivity contribution is 0.101. The normalized spacial score (nSPS) is 16.2. The molecule has 6 heteroatoms. The number of H-pyrrole nitrogens is 1. The number of carbonyl (C=O) groups excluding carboxylic acids is 1. The summed E-state index contributed by atoms with van der Waals surface area (Å²) in [7, 11) is 0. The highest BCUT2D eigenvalue weighted by Crippen LogP contribution is 2.18. The summed E-state index contributed by atoms with van der Waals surface area (Å²) in [4.78, 5) is 24.0. The molecule has 0 unspecified atom stereocenters. The Bertz CT molecular complexity index is 688. The average molecular weight is 342 g/mol. The van der Waals surface area contributed by atoms with E-state index in [0.717, 1.165) is 68.3 Å². The van der Waals surface area contributed by atoms with Gasteiger partial charge in [0.2, 0.25) is 0 Å². The van der Waals surface area contributed by atoms with Gasteiger partial charge in [0.1, 0.15) is 5.82 Å². The van der Waals surface area contributed by atoms with Gasteiger partial charge in [-0.3, -0.25) is 9.69 Å². The van der Waals surface area contributed by atoms with Crippen LogP contribution in [0.3, 0.4) is 0 Å². The van der Waals surface area contributed by atoms with Crippen LogP contribution in [0.25, 0.3) is 11.3 Å². The fraction of sp³-hybridized carbons (Fsp3) is 0.474. The zero-order valence-electron chi connectivity index (χ0n) is 14.7. The summed E-state index contributed by atoms with van der Waals surface area (Å²) in [5, 5.41) is 8.99. The van der Waals surface area contributed by atoms with Crippen molar-refractivity contribution in [2.24, 2.45) is 0 Å². The second-order valence-electron chi connectivity index (χ2n) is 6.53. The first-order valence-corrected chi connectivity index (χ1v) is 8.86. The first-order chi connectivity index (χ1) is 12.2. The van der Waals surface area contributed by atoms with E-state index < -0.39 is 0 Å². The second-order valence-corrected chi connectivity index (χ2v) is 6.53. The van der Waals surface area contributed by atoms with Crippen molar-refractivity contribution < 1.29 is 9.90 Å². The van der Waals surface area contributed by atoms with E-state index in [1.165, 1.54) is 0 Å². The van der Waals surface area contributed by atoms with Gasteiger partial charge in [0.15, 0.2) is 5.78 Å². The highest BCUT2D eigenvalue weighted by atomic mass is 16.3. The van der Waals surface area contributed by atoms with E-state index in [1.807, 2.05) is 30.5 Å². The number of piperazine rings is 1. The van der Waals surface area contributed by atoms with Crippen LogP contribution in [-0.2, 0) is 6.42 Å². The van der Waals surface area contributed by atoms with Gasteiger partial charge in [-0.2, -0.15) is 0 Å². The molecule has 0 amide bonds. The van der Waals surface area contributed by atoms with Crippen molar-refractivity contribution in [3.8, 4) is 11.3 Å². The molecule has 0 atom stereocenters. The van der Waals surface area contributed by atoms with Crippen LogP contribution in [0.15, 0.2) is 30.5 Å². The summed E-state index contributed by atoms with van der Waals surface area (Å²) < 4.78 is 0. The standard InChI is InChI=1S/C19H26N4O2/c1-15(25)16-2-4-17(5-3-16)18-14-20-19(21-18)6-7-22-8-10-23(11-9-22)12-13-24/h2-5,14,24H,6-13H2,1H3,(H,20,21). The summed E-state index contributed by atoms with van der Waals surface area (Å²) in [5.74, 6) is 1.07. The maximum absolute atomic E-state index is 11.3. The number of rotatable bonds is 7. The third-order valence-electron chi connectivity index (χ3n) is 4.78. The van der Waals surface area contributed by atoms with Crippen LogP contribution in [0.1, 0.15) is 23.1 Å². The number of aliphatic hydroxyl groups excluding tert-OH is 1. The third kappa shape index (κ3) is 4.75. The van der Waals surface area contributed by atoms with Crippen molar-refractivity contribution in [2.75, 3.05) is 45.9 Å². The highest BCUT2D eigenvalue weighted by molar-refractivity contribution is 5.94. The summed E-state index contributed by atoms with van der Waals surface area (Å²) in [6, 6.07) is 7.61. The molecule has 1 aromatic heterocycles. The molecule has 2 heterocycles. The molecular formula is C19H26N4O2. The average Bonchev–Trinajstić information content (AvgIpc) is 3.10. The van der Waals surface area contributed by atoms with Gasteiger partial charge in [-0.1, -0.05) is 24.3 Å². The van der Waals surface area contributed by atoms with Crippen molar-refractivity contribution >= 4 is 5.78 Å². The predicted molar refractivity (Wildman–Crippen MR) is 97.7 cm³/mol. The minimum Gasteiger partial charge on any atom is -0.395 e. The number of aromatic nitrogens is 2. The first-order valence-electron chi connectivity index (χ1n) is 8.86. The SMILES string of the molecule is CC(=O)c1ccc(-c2cnc(CCN3CCN(CCO)CC3)[nH]2)cc1. The summed E-state index contributed by atoms with van der Waals surface area (Å²) in [6.45, 7) is 7.70. The van der Waals surface area contributed by atoms with Crippen LogP contribution in [-0.4, -0.2) is 76.5 Å². The Morgan fingerprint density at radius 2 is 1.76 bits per heavy atom. The number of imidazole rings is 1. The van der Waals surface area contributed by atoms with Crippen LogP contribution in [0.2, 0.25) is 0 Å². The molecule has 0 radical (unpaired) electrons. The highest BCUT2D eigenvalue weighted by Gasteiger charge is 2.16. The summed E-state index contributed by atoms with van der Waals surface area (Å²) >= 11 is 0. The van der Waals surface area contributed by atoms with Crippen molar-refractivity contribution in [1.82, 2.24) is 19.8 Å². The number of nitrogens with one attached hydrogen (secondary N) is 1. The van der Waals surface area contributed by atoms with E-state index in [4.69, 9.17) is 5.11 Å². The number of carbonyl (C=O) groups is 1. The van der Waals surface area contributed by atoms with Crippen molar-refractivity contribution in [3.05, 3.63) is 41.9 Å². The van der Waals surface area contributed by atoms with Crippen LogP contribution in [0.4, 0.5) is 0 Å². The number of benzene rings is 1. The van der Waals surface area contributed by atoms with E-state index >= 15 is 0 Å². The molecule has 1 aromatic carbocycles. The molecule has 3 rings (SSSR count). The lowest BCUT2D eigenvalue weighted by Gasteiger charge is -2.34. The van der Waals surface area contributed by atoms with Gasteiger partial charge in [-0.25, -0.2) is 4.98 Å². The zero-order chi connectivity index (χ0) is 17.6. The molecule has 0 aliphatic carbocycles. The number of β-amino-alcohol motifs (C(OH)–C–C–N with tert-alkyl or cyclic N) is 1. The zero-order valence-corrected chi connectivity index (χ0v) is 14.7. The van der Waals surface area contributed by atoms with E-state index in [2.05, 4.69) is 19.8 Å². The van der Waals surface area contributed by atoms with Crippen LogP contribution in [0.5, 0.6) is 0 Å². The quantitative estimate of drug-likeness (QED) is 0.745. The molecule has 6 nitrogen and oxygen atoms in total. The largest absolute Gasteiger partial charge is 0.395 e. The van der Waals surface area contributed by atoms with Gasteiger partial charge in [0, 0.05) is 51.3 Å². The Balaban J connectivity index is 1.51. The number of Topliss-reactive ketones (excluding diaryl/α,β-unsaturated/α-hetero) is 1. The van der Waals surface area contributed by atoms with Gasteiger partial charge >= 0.3 is 0 Å².